The standard InChI is InChI=1S/C9H16N4O/c14-9-4-13(5-9)7-10-2-1-8-3-11-6-12-8/h3,6,9-10,14H,1-2,4-5,7H2,(H,11,12). The van der Waals surface area contributed by atoms with Crippen LogP contribution in [0, 0.1) is 0 Å². The summed E-state index contributed by atoms with van der Waals surface area (Å²) in [5.74, 6) is 0. The lowest BCUT2D eigenvalue weighted by molar-refractivity contribution is -0.00218. The zero-order valence-corrected chi connectivity index (χ0v) is 8.11. The molecule has 1 aromatic rings. The van der Waals surface area contributed by atoms with Crippen LogP contribution in [0.2, 0.25) is 0 Å². The molecule has 1 aliphatic rings. The van der Waals surface area contributed by atoms with Crippen molar-refractivity contribution in [1.82, 2.24) is 20.2 Å². The fourth-order valence-corrected chi connectivity index (χ4v) is 1.55. The molecule has 2 heterocycles. The number of aromatic amines is 1. The van der Waals surface area contributed by atoms with E-state index in [0.29, 0.717) is 0 Å². The van der Waals surface area contributed by atoms with Crippen molar-refractivity contribution in [2.45, 2.75) is 12.5 Å². The van der Waals surface area contributed by atoms with Crippen LogP contribution in [0.1, 0.15) is 5.69 Å². The van der Waals surface area contributed by atoms with Crippen molar-refractivity contribution in [3.8, 4) is 0 Å². The third kappa shape index (κ3) is 2.54. The average molecular weight is 196 g/mol. The number of aliphatic hydroxyl groups is 1. The van der Waals surface area contributed by atoms with Crippen LogP contribution >= 0.6 is 0 Å². The van der Waals surface area contributed by atoms with E-state index in [9.17, 15) is 0 Å². The van der Waals surface area contributed by atoms with Gasteiger partial charge in [0.05, 0.1) is 18.1 Å². The molecule has 0 atom stereocenters. The smallest absolute Gasteiger partial charge is 0.0923 e. The van der Waals surface area contributed by atoms with Gasteiger partial charge in [0.1, 0.15) is 0 Å². The van der Waals surface area contributed by atoms with Gasteiger partial charge in [-0.2, -0.15) is 0 Å². The van der Waals surface area contributed by atoms with Crippen LogP contribution in [-0.2, 0) is 6.42 Å². The molecule has 1 aromatic heterocycles. The van der Waals surface area contributed by atoms with Crippen molar-refractivity contribution in [3.63, 3.8) is 0 Å². The lowest BCUT2D eigenvalue weighted by Crippen LogP contribution is -2.53. The molecule has 0 spiro atoms. The zero-order chi connectivity index (χ0) is 9.80. The molecule has 1 saturated heterocycles. The molecule has 0 aromatic carbocycles. The Balaban J connectivity index is 1.52. The Bertz CT molecular complexity index is 256. The summed E-state index contributed by atoms with van der Waals surface area (Å²) in [7, 11) is 0. The molecule has 14 heavy (non-hydrogen) atoms. The summed E-state index contributed by atoms with van der Waals surface area (Å²) >= 11 is 0. The number of β-amino-alcohol motifs (C(OH)–C–C–N with tert-alkyl or cyclic N) is 1. The van der Waals surface area contributed by atoms with Gasteiger partial charge < -0.3 is 15.4 Å². The monoisotopic (exact) mass is 196 g/mol. The van der Waals surface area contributed by atoms with Crippen molar-refractivity contribution < 1.29 is 5.11 Å². The molecule has 2 rings (SSSR count). The first-order valence-electron chi connectivity index (χ1n) is 4.93. The van der Waals surface area contributed by atoms with E-state index < -0.39 is 0 Å². The highest BCUT2D eigenvalue weighted by molar-refractivity contribution is 4.94. The largest absolute Gasteiger partial charge is 0.390 e. The van der Waals surface area contributed by atoms with Crippen LogP contribution in [0.15, 0.2) is 12.5 Å². The third-order valence-corrected chi connectivity index (χ3v) is 2.39. The number of nitrogens with zero attached hydrogens (tertiary/aromatic N) is 2. The number of nitrogens with one attached hydrogen (secondary N) is 2. The summed E-state index contributed by atoms with van der Waals surface area (Å²) in [6.45, 7) is 3.39. The van der Waals surface area contributed by atoms with E-state index in [2.05, 4.69) is 20.2 Å². The zero-order valence-electron chi connectivity index (χ0n) is 8.11. The van der Waals surface area contributed by atoms with Gasteiger partial charge >= 0.3 is 0 Å². The van der Waals surface area contributed by atoms with Crippen LogP contribution in [0.5, 0.6) is 0 Å². The lowest BCUT2D eigenvalue weighted by Gasteiger charge is -2.35. The van der Waals surface area contributed by atoms with E-state index in [1.54, 1.807) is 6.33 Å². The van der Waals surface area contributed by atoms with Crippen LogP contribution in [0.4, 0.5) is 0 Å². The maximum Gasteiger partial charge on any atom is 0.0923 e. The van der Waals surface area contributed by atoms with Crippen molar-refractivity contribution in [1.29, 1.82) is 0 Å². The van der Waals surface area contributed by atoms with Gasteiger partial charge in [0.2, 0.25) is 0 Å². The number of aromatic nitrogens is 2. The Kier molecular flexibility index (Phi) is 3.13. The quantitative estimate of drug-likeness (QED) is 0.538. The number of H-pyrrole nitrogens is 1. The fraction of sp³-hybridized carbons (Fsp3) is 0.667. The molecule has 1 fully saturated rings. The molecule has 0 bridgehead atoms. The number of rotatable bonds is 5. The Morgan fingerprint density at radius 1 is 1.64 bits per heavy atom. The van der Waals surface area contributed by atoms with Crippen LogP contribution in [-0.4, -0.2) is 52.4 Å². The molecule has 0 saturated carbocycles. The average Bonchev–Trinajstić information content (AvgIpc) is 2.61. The van der Waals surface area contributed by atoms with Gasteiger partial charge in [0.15, 0.2) is 0 Å². The summed E-state index contributed by atoms with van der Waals surface area (Å²) < 4.78 is 0. The normalized spacial score (nSPS) is 18.4. The number of hydrogen-bond acceptors (Lipinski definition) is 4. The molecule has 0 amide bonds. The van der Waals surface area contributed by atoms with E-state index in [1.165, 1.54) is 0 Å². The molecular weight excluding hydrogens is 180 g/mol. The number of imidazole rings is 1. The molecule has 0 unspecified atom stereocenters. The van der Waals surface area contributed by atoms with Gasteiger partial charge in [0, 0.05) is 38.9 Å². The number of aliphatic hydroxyl groups excluding tert-OH is 1. The van der Waals surface area contributed by atoms with Crippen LogP contribution < -0.4 is 5.32 Å². The first-order chi connectivity index (χ1) is 6.84. The molecule has 0 radical (unpaired) electrons. The topological polar surface area (TPSA) is 64.2 Å². The van der Waals surface area contributed by atoms with E-state index in [1.807, 2.05) is 6.20 Å². The predicted molar refractivity (Wildman–Crippen MR) is 52.7 cm³/mol. The molecule has 3 N–H and O–H groups in total. The molecule has 5 nitrogen and oxygen atoms in total. The highest BCUT2D eigenvalue weighted by Gasteiger charge is 2.22. The van der Waals surface area contributed by atoms with Crippen LogP contribution in [0.25, 0.3) is 0 Å². The maximum absolute atomic E-state index is 9.04. The lowest BCUT2D eigenvalue weighted by atomic mass is 10.2. The van der Waals surface area contributed by atoms with Crippen molar-refractivity contribution in [2.75, 3.05) is 26.3 Å². The predicted octanol–water partition coefficient (Wildman–Crippen LogP) is -0.824. The Hall–Kier alpha value is -0.910. The molecular formula is C9H16N4O. The second-order valence-corrected chi connectivity index (χ2v) is 3.66. The summed E-state index contributed by atoms with van der Waals surface area (Å²) in [6, 6.07) is 0. The van der Waals surface area contributed by atoms with E-state index in [-0.39, 0.29) is 6.10 Å². The van der Waals surface area contributed by atoms with Crippen molar-refractivity contribution in [2.24, 2.45) is 0 Å². The van der Waals surface area contributed by atoms with Gasteiger partial charge in [-0.1, -0.05) is 0 Å². The summed E-state index contributed by atoms with van der Waals surface area (Å²) in [6.07, 6.45) is 4.44. The highest BCUT2D eigenvalue weighted by Crippen LogP contribution is 2.04. The van der Waals surface area contributed by atoms with Gasteiger partial charge in [-0.15, -0.1) is 0 Å². The van der Waals surface area contributed by atoms with E-state index in [4.69, 9.17) is 5.11 Å². The number of likely N-dealkylation sites (tertiary alicyclic amines) is 1. The Morgan fingerprint density at radius 3 is 3.14 bits per heavy atom. The third-order valence-electron chi connectivity index (χ3n) is 2.39. The highest BCUT2D eigenvalue weighted by atomic mass is 16.3. The van der Waals surface area contributed by atoms with E-state index in [0.717, 1.165) is 38.4 Å². The Morgan fingerprint density at radius 2 is 2.50 bits per heavy atom. The van der Waals surface area contributed by atoms with E-state index >= 15 is 0 Å². The second kappa shape index (κ2) is 4.54. The minimum absolute atomic E-state index is 0.108. The first kappa shape index (κ1) is 9.64. The molecule has 5 heteroatoms. The van der Waals surface area contributed by atoms with Gasteiger partial charge in [-0.3, -0.25) is 4.90 Å². The molecule has 1 aliphatic heterocycles. The van der Waals surface area contributed by atoms with Gasteiger partial charge in [-0.05, 0) is 0 Å². The molecule has 0 aliphatic carbocycles. The fourth-order valence-electron chi connectivity index (χ4n) is 1.55. The van der Waals surface area contributed by atoms with Crippen molar-refractivity contribution >= 4 is 0 Å². The summed E-state index contributed by atoms with van der Waals surface area (Å²) in [5.41, 5.74) is 1.08. The minimum Gasteiger partial charge on any atom is -0.390 e. The van der Waals surface area contributed by atoms with Gasteiger partial charge in [0.25, 0.3) is 0 Å². The minimum atomic E-state index is -0.108. The van der Waals surface area contributed by atoms with Crippen molar-refractivity contribution in [3.05, 3.63) is 18.2 Å². The SMILES string of the molecule is OC1CN(CNCCc2c[nH]cn2)C1. The number of hydrogen-bond donors (Lipinski definition) is 3. The maximum atomic E-state index is 9.04. The Labute approximate surface area is 83.1 Å². The summed E-state index contributed by atoms with van der Waals surface area (Å²) in [5, 5.41) is 12.3. The second-order valence-electron chi connectivity index (χ2n) is 3.66. The molecule has 78 valence electrons. The first-order valence-corrected chi connectivity index (χ1v) is 4.93. The summed E-state index contributed by atoms with van der Waals surface area (Å²) in [4.78, 5) is 9.23. The van der Waals surface area contributed by atoms with Crippen LogP contribution in [0.3, 0.4) is 0 Å². The van der Waals surface area contributed by atoms with Gasteiger partial charge in [-0.25, -0.2) is 4.98 Å².